The summed E-state index contributed by atoms with van der Waals surface area (Å²) >= 11 is 5.95. The molecule has 27 heavy (non-hydrogen) atoms. The van der Waals surface area contributed by atoms with Crippen LogP contribution < -0.4 is 5.56 Å². The maximum atomic E-state index is 12.6. The number of esters is 1. The lowest BCUT2D eigenvalue weighted by atomic mass is 10.1. The lowest BCUT2D eigenvalue weighted by Gasteiger charge is -2.11. The zero-order valence-corrected chi connectivity index (χ0v) is 15.3. The second kappa shape index (κ2) is 8.29. The number of hydrogen-bond acceptors (Lipinski definition) is 7. The highest BCUT2D eigenvalue weighted by molar-refractivity contribution is 6.33. The molecule has 1 N–H and O–H groups in total. The van der Waals surface area contributed by atoms with Gasteiger partial charge in [-0.25, -0.2) is 4.79 Å². The smallest absolute Gasteiger partial charge is 0.339 e. The van der Waals surface area contributed by atoms with Crippen LogP contribution in [-0.2, 0) is 11.3 Å². The van der Waals surface area contributed by atoms with Gasteiger partial charge in [0.05, 0.1) is 23.4 Å². The first-order valence-electron chi connectivity index (χ1n) is 7.62. The van der Waals surface area contributed by atoms with Gasteiger partial charge in [0.15, 0.2) is 5.69 Å². The normalized spacial score (nSPS) is 10.6. The quantitative estimate of drug-likeness (QED) is 0.476. The van der Waals surface area contributed by atoms with E-state index < -0.39 is 17.4 Å². The van der Waals surface area contributed by atoms with Crippen molar-refractivity contribution in [1.29, 1.82) is 5.26 Å². The van der Waals surface area contributed by atoms with Gasteiger partial charge < -0.3 is 9.84 Å². The van der Waals surface area contributed by atoms with Crippen LogP contribution in [0.3, 0.4) is 0 Å². The Hall–Kier alpha value is -3.44. The van der Waals surface area contributed by atoms with Gasteiger partial charge in [-0.1, -0.05) is 17.7 Å². The molecule has 1 aromatic carbocycles. The Morgan fingerprint density at radius 1 is 1.48 bits per heavy atom. The van der Waals surface area contributed by atoms with Crippen LogP contribution in [0.2, 0.25) is 5.02 Å². The van der Waals surface area contributed by atoms with Gasteiger partial charge in [0.1, 0.15) is 11.6 Å². The number of nitrogens with zero attached hydrogens (tertiary/aromatic N) is 4. The van der Waals surface area contributed by atoms with Crippen molar-refractivity contribution in [3.63, 3.8) is 0 Å². The zero-order chi connectivity index (χ0) is 20.1. The van der Waals surface area contributed by atoms with Gasteiger partial charge in [0, 0.05) is 12.1 Å². The molecule has 0 aliphatic rings. The van der Waals surface area contributed by atoms with Gasteiger partial charge in [-0.2, -0.15) is 10.4 Å². The molecular weight excluding hydrogens is 372 g/mol. The first-order chi connectivity index (χ1) is 12.8. The third kappa shape index (κ3) is 3.88. The fourth-order valence-corrected chi connectivity index (χ4v) is 2.50. The van der Waals surface area contributed by atoms with Crippen molar-refractivity contribution in [1.82, 2.24) is 4.57 Å². The molecule has 138 valence electrons. The van der Waals surface area contributed by atoms with Crippen LogP contribution in [0.15, 0.2) is 45.9 Å². The minimum Gasteiger partial charge on any atom is -0.493 e. The summed E-state index contributed by atoms with van der Waals surface area (Å²) in [6, 6.07) is 6.15. The van der Waals surface area contributed by atoms with E-state index in [2.05, 4.69) is 21.5 Å². The highest BCUT2D eigenvalue weighted by atomic mass is 35.5. The van der Waals surface area contributed by atoms with E-state index in [1.165, 1.54) is 38.3 Å². The number of rotatable bonds is 5. The monoisotopic (exact) mass is 386 g/mol. The van der Waals surface area contributed by atoms with Crippen LogP contribution in [-0.4, -0.2) is 22.8 Å². The van der Waals surface area contributed by atoms with Gasteiger partial charge in [-0.05, 0) is 25.1 Å². The average molecular weight is 387 g/mol. The Morgan fingerprint density at radius 2 is 2.19 bits per heavy atom. The third-order valence-corrected chi connectivity index (χ3v) is 4.03. The Kier molecular flexibility index (Phi) is 6.11. The van der Waals surface area contributed by atoms with E-state index >= 15 is 0 Å². The van der Waals surface area contributed by atoms with E-state index in [0.717, 1.165) is 4.57 Å². The van der Waals surface area contributed by atoms with Crippen LogP contribution >= 0.6 is 11.6 Å². The zero-order valence-electron chi connectivity index (χ0n) is 14.6. The number of allylic oxidation sites excluding steroid dienone is 1. The molecule has 9 heteroatoms. The summed E-state index contributed by atoms with van der Waals surface area (Å²) in [6.45, 7) is 4.99. The summed E-state index contributed by atoms with van der Waals surface area (Å²) in [5.41, 5.74) is -0.293. The fourth-order valence-electron chi connectivity index (χ4n) is 2.31. The van der Waals surface area contributed by atoms with Gasteiger partial charge in [-0.15, -0.1) is 11.7 Å². The maximum Gasteiger partial charge on any atom is 0.339 e. The fraction of sp³-hybridized carbons (Fsp3) is 0.167. The molecule has 8 nitrogen and oxygen atoms in total. The summed E-state index contributed by atoms with van der Waals surface area (Å²) in [4.78, 5) is 24.3. The van der Waals surface area contributed by atoms with Gasteiger partial charge >= 0.3 is 5.97 Å². The van der Waals surface area contributed by atoms with Crippen molar-refractivity contribution >= 4 is 28.9 Å². The molecule has 0 saturated heterocycles. The van der Waals surface area contributed by atoms with Crippen molar-refractivity contribution in [2.75, 3.05) is 7.11 Å². The summed E-state index contributed by atoms with van der Waals surface area (Å²) in [5, 5.41) is 27.4. The second-order valence-corrected chi connectivity index (χ2v) is 5.75. The molecule has 0 fully saturated rings. The van der Waals surface area contributed by atoms with E-state index in [4.69, 9.17) is 11.6 Å². The number of aromatic nitrogens is 1. The highest BCUT2D eigenvalue weighted by Gasteiger charge is 2.18. The minimum absolute atomic E-state index is 0.00438. The number of carbonyl (C=O) groups is 1. The van der Waals surface area contributed by atoms with Crippen LogP contribution in [0.1, 0.15) is 21.5 Å². The predicted molar refractivity (Wildman–Crippen MR) is 99.0 cm³/mol. The van der Waals surface area contributed by atoms with E-state index in [9.17, 15) is 20.0 Å². The summed E-state index contributed by atoms with van der Waals surface area (Å²) in [7, 11) is 1.22. The number of hydrogen-bond donors (Lipinski definition) is 1. The Morgan fingerprint density at radius 3 is 2.78 bits per heavy atom. The Labute approximate surface area is 159 Å². The number of methoxy groups -OCH3 is 1. The molecule has 0 radical (unpaired) electrons. The van der Waals surface area contributed by atoms with Crippen LogP contribution in [0.5, 0.6) is 5.88 Å². The molecule has 0 amide bonds. The molecule has 1 heterocycles. The molecule has 0 unspecified atom stereocenters. The molecule has 0 spiro atoms. The molecule has 1 aromatic heterocycles. The first kappa shape index (κ1) is 19.9. The number of nitriles is 1. The molecule has 0 atom stereocenters. The topological polar surface area (TPSA) is 117 Å². The molecular formula is C18H15ClN4O4. The minimum atomic E-state index is -0.641. The van der Waals surface area contributed by atoms with Crippen LogP contribution in [0, 0.1) is 18.3 Å². The predicted octanol–water partition coefficient (Wildman–Crippen LogP) is 3.78. The molecule has 0 aliphatic carbocycles. The summed E-state index contributed by atoms with van der Waals surface area (Å²) in [6.07, 6.45) is 1.40. The summed E-state index contributed by atoms with van der Waals surface area (Å²) in [5.74, 6) is -1.10. The molecule has 2 aromatic rings. The second-order valence-electron chi connectivity index (χ2n) is 5.34. The number of ether oxygens (including phenoxy) is 1. The van der Waals surface area contributed by atoms with Crippen molar-refractivity contribution < 1.29 is 14.6 Å². The molecule has 2 rings (SSSR count). The van der Waals surface area contributed by atoms with Gasteiger partial charge in [0.2, 0.25) is 5.88 Å². The number of carbonyl (C=O) groups excluding carboxylic acids is 1. The van der Waals surface area contributed by atoms with Crippen LogP contribution in [0.25, 0.3) is 0 Å². The third-order valence-electron chi connectivity index (χ3n) is 3.70. The van der Waals surface area contributed by atoms with Crippen molar-refractivity contribution in [2.24, 2.45) is 10.2 Å². The lowest BCUT2D eigenvalue weighted by molar-refractivity contribution is 0.0601. The lowest BCUT2D eigenvalue weighted by Crippen LogP contribution is -2.21. The number of pyridine rings is 1. The number of aromatic hydroxyl groups is 1. The summed E-state index contributed by atoms with van der Waals surface area (Å²) < 4.78 is 5.60. The average Bonchev–Trinajstić information content (AvgIpc) is 2.66. The SMILES string of the molecule is C=CCn1c(O)c(C#N)c(C)c(N=Nc2ccc(Cl)c(C(=O)OC)c2)c1=O. The molecule has 0 saturated carbocycles. The number of azo groups is 1. The van der Waals surface area contributed by atoms with Crippen LogP contribution in [0.4, 0.5) is 11.4 Å². The standard InChI is InChI=1S/C18H15ClN4O4/c1-4-7-23-16(24)13(9-20)10(2)15(17(23)25)22-21-11-5-6-14(19)12(8-11)18(26)27-3/h4-6,8,24H,1,7H2,2-3H3. The highest BCUT2D eigenvalue weighted by Crippen LogP contribution is 2.28. The largest absolute Gasteiger partial charge is 0.493 e. The maximum absolute atomic E-state index is 12.6. The van der Waals surface area contributed by atoms with Crippen molar-refractivity contribution in [3.05, 3.63) is 62.9 Å². The molecule has 0 aliphatic heterocycles. The molecule has 0 bridgehead atoms. The van der Waals surface area contributed by atoms with E-state index in [1.54, 1.807) is 0 Å². The number of benzene rings is 1. The first-order valence-corrected chi connectivity index (χ1v) is 8.00. The van der Waals surface area contributed by atoms with E-state index in [0.29, 0.717) is 0 Å². The number of halogens is 1. The Bertz CT molecular complexity index is 1050. The van der Waals surface area contributed by atoms with Crippen molar-refractivity contribution in [2.45, 2.75) is 13.5 Å². The Balaban J connectivity index is 2.59. The van der Waals surface area contributed by atoms with Gasteiger partial charge in [-0.3, -0.25) is 9.36 Å². The van der Waals surface area contributed by atoms with E-state index in [1.807, 2.05) is 6.07 Å². The van der Waals surface area contributed by atoms with Gasteiger partial charge in [0.25, 0.3) is 5.56 Å². The van der Waals surface area contributed by atoms with Crippen molar-refractivity contribution in [3.8, 4) is 11.9 Å². The van der Waals surface area contributed by atoms with E-state index in [-0.39, 0.29) is 39.6 Å².